The summed E-state index contributed by atoms with van der Waals surface area (Å²) in [6, 6.07) is 4.23. The second-order valence-corrected chi connectivity index (χ2v) is 6.19. The number of carbonyl (C=O) groups excluding carboxylic acids is 3. The van der Waals surface area contributed by atoms with Gasteiger partial charge in [0, 0.05) is 27.0 Å². The number of carbonyl (C=O) groups is 3. The number of halogens is 1. The lowest BCUT2D eigenvalue weighted by Crippen LogP contribution is -2.33. The first-order chi connectivity index (χ1) is 12.4. The first-order valence-corrected chi connectivity index (χ1v) is 8.27. The fourth-order valence-corrected chi connectivity index (χ4v) is 3.09. The number of ether oxygens (including phenoxy) is 2. The molecule has 2 aliphatic heterocycles. The van der Waals surface area contributed by atoms with Gasteiger partial charge < -0.3 is 19.7 Å². The Balaban J connectivity index is 1.73. The number of hydrogen-bond donors (Lipinski definition) is 1. The lowest BCUT2D eigenvalue weighted by Gasteiger charge is -2.19. The van der Waals surface area contributed by atoms with Crippen LogP contribution in [-0.4, -0.2) is 56.9 Å². The van der Waals surface area contributed by atoms with E-state index in [9.17, 15) is 18.8 Å². The quantitative estimate of drug-likeness (QED) is 0.842. The zero-order chi connectivity index (χ0) is 18.8. The van der Waals surface area contributed by atoms with Crippen molar-refractivity contribution in [2.45, 2.75) is 25.6 Å². The van der Waals surface area contributed by atoms with Crippen LogP contribution in [0, 0.1) is 5.82 Å². The van der Waals surface area contributed by atoms with Crippen LogP contribution >= 0.6 is 0 Å². The van der Waals surface area contributed by atoms with Crippen LogP contribution in [0.3, 0.4) is 0 Å². The van der Waals surface area contributed by atoms with E-state index in [2.05, 4.69) is 5.32 Å². The summed E-state index contributed by atoms with van der Waals surface area (Å²) in [5.41, 5.74) is 0.483. The van der Waals surface area contributed by atoms with Crippen LogP contribution in [0.4, 0.5) is 20.6 Å². The van der Waals surface area contributed by atoms with Crippen LogP contribution in [0.5, 0.6) is 0 Å². The van der Waals surface area contributed by atoms with Gasteiger partial charge in [-0.3, -0.25) is 14.5 Å². The largest absolute Gasteiger partial charge is 0.442 e. The molecule has 2 heterocycles. The molecular weight excluding hydrogens is 345 g/mol. The summed E-state index contributed by atoms with van der Waals surface area (Å²) in [6.45, 7) is 2.14. The van der Waals surface area contributed by atoms with Crippen molar-refractivity contribution in [3.8, 4) is 0 Å². The van der Waals surface area contributed by atoms with Gasteiger partial charge in [0.25, 0.3) is 5.91 Å². The highest BCUT2D eigenvalue weighted by Crippen LogP contribution is 2.30. The highest BCUT2D eigenvalue weighted by molar-refractivity contribution is 5.99. The summed E-state index contributed by atoms with van der Waals surface area (Å²) in [7, 11) is 1.45. The van der Waals surface area contributed by atoms with E-state index < -0.39 is 24.1 Å². The van der Waals surface area contributed by atoms with E-state index in [1.807, 2.05) is 0 Å². The van der Waals surface area contributed by atoms with Gasteiger partial charge in [-0.25, -0.2) is 9.18 Å². The van der Waals surface area contributed by atoms with Crippen molar-refractivity contribution < 1.29 is 28.2 Å². The van der Waals surface area contributed by atoms with Crippen molar-refractivity contribution in [2.75, 3.05) is 36.5 Å². The van der Waals surface area contributed by atoms with Crippen LogP contribution in [-0.2, 0) is 19.1 Å². The fraction of sp³-hybridized carbons (Fsp3) is 0.471. The molecule has 140 valence electrons. The van der Waals surface area contributed by atoms with Gasteiger partial charge in [-0.05, 0) is 18.2 Å². The van der Waals surface area contributed by atoms with Crippen molar-refractivity contribution in [2.24, 2.45) is 0 Å². The molecule has 1 aromatic carbocycles. The van der Waals surface area contributed by atoms with Crippen LogP contribution in [0.1, 0.15) is 13.3 Å². The third-order valence-corrected chi connectivity index (χ3v) is 4.43. The van der Waals surface area contributed by atoms with Crippen LogP contribution < -0.4 is 15.1 Å². The maximum atomic E-state index is 14.6. The molecule has 0 spiro atoms. The molecule has 0 bridgehead atoms. The first-order valence-electron chi connectivity index (χ1n) is 8.27. The summed E-state index contributed by atoms with van der Waals surface area (Å²) in [4.78, 5) is 37.8. The van der Waals surface area contributed by atoms with Crippen LogP contribution in [0.2, 0.25) is 0 Å². The second-order valence-electron chi connectivity index (χ2n) is 6.19. The number of amides is 3. The van der Waals surface area contributed by atoms with Crippen LogP contribution in [0.15, 0.2) is 18.2 Å². The molecule has 3 amide bonds. The molecule has 0 aromatic heterocycles. The van der Waals surface area contributed by atoms with E-state index in [1.165, 1.54) is 36.0 Å². The van der Waals surface area contributed by atoms with Gasteiger partial charge >= 0.3 is 6.09 Å². The zero-order valence-electron chi connectivity index (χ0n) is 14.5. The van der Waals surface area contributed by atoms with Gasteiger partial charge in [-0.2, -0.15) is 0 Å². The standard InChI is InChI=1S/C17H20FN3O5/c1-10(22)19-8-12-9-21(17(24)26-12)11-3-4-14(13(18)7-11)20-6-5-15(25-2)16(20)23/h3-4,7,12,15H,5-6,8-9H2,1-2H3,(H,19,22)/t12-,15?/m0/s1. The molecule has 2 fully saturated rings. The minimum atomic E-state index is -0.607. The number of cyclic esters (lactones) is 1. The number of methoxy groups -OCH3 is 1. The number of nitrogens with one attached hydrogen (secondary N) is 1. The zero-order valence-corrected chi connectivity index (χ0v) is 14.5. The summed E-state index contributed by atoms with van der Waals surface area (Å²) in [5.74, 6) is -1.11. The first kappa shape index (κ1) is 18.1. The minimum Gasteiger partial charge on any atom is -0.442 e. The van der Waals surface area contributed by atoms with E-state index in [0.29, 0.717) is 18.7 Å². The third-order valence-electron chi connectivity index (χ3n) is 4.43. The maximum absolute atomic E-state index is 14.6. The second kappa shape index (κ2) is 7.28. The molecule has 0 saturated carbocycles. The summed E-state index contributed by atoms with van der Waals surface area (Å²) < 4.78 is 24.8. The van der Waals surface area contributed by atoms with Crippen molar-refractivity contribution in [1.82, 2.24) is 5.32 Å². The smallest absolute Gasteiger partial charge is 0.414 e. The Bertz CT molecular complexity index is 741. The maximum Gasteiger partial charge on any atom is 0.414 e. The SMILES string of the molecule is COC1CCN(c2ccc(N3C[C@H](CNC(C)=O)OC3=O)cc2F)C1=O. The Labute approximate surface area is 149 Å². The average Bonchev–Trinajstić information content (AvgIpc) is 3.15. The number of benzene rings is 1. The van der Waals surface area contributed by atoms with E-state index >= 15 is 0 Å². The van der Waals surface area contributed by atoms with E-state index in [1.54, 1.807) is 6.07 Å². The Kier molecular flexibility index (Phi) is 5.08. The molecule has 2 aliphatic rings. The number of rotatable bonds is 5. The van der Waals surface area contributed by atoms with E-state index in [-0.39, 0.29) is 30.6 Å². The molecule has 0 radical (unpaired) electrons. The highest BCUT2D eigenvalue weighted by Gasteiger charge is 2.35. The van der Waals surface area contributed by atoms with E-state index in [0.717, 1.165) is 0 Å². The summed E-state index contributed by atoms with van der Waals surface area (Å²) in [5, 5.41) is 2.58. The Morgan fingerprint density at radius 1 is 1.38 bits per heavy atom. The van der Waals surface area contributed by atoms with Gasteiger partial charge in [-0.1, -0.05) is 0 Å². The summed E-state index contributed by atoms with van der Waals surface area (Å²) >= 11 is 0. The van der Waals surface area contributed by atoms with Gasteiger partial charge in [-0.15, -0.1) is 0 Å². The Hall–Kier alpha value is -2.68. The molecule has 0 aliphatic carbocycles. The van der Waals surface area contributed by atoms with Gasteiger partial charge in [0.15, 0.2) is 0 Å². The predicted octanol–water partition coefficient (Wildman–Crippen LogP) is 1.04. The molecule has 1 aromatic rings. The molecule has 2 saturated heterocycles. The van der Waals surface area contributed by atoms with Gasteiger partial charge in [0.2, 0.25) is 5.91 Å². The number of hydrogen-bond acceptors (Lipinski definition) is 5. The Morgan fingerprint density at radius 3 is 2.77 bits per heavy atom. The Morgan fingerprint density at radius 2 is 2.15 bits per heavy atom. The topological polar surface area (TPSA) is 88.2 Å². The molecule has 3 rings (SSSR count). The van der Waals surface area contributed by atoms with E-state index in [4.69, 9.17) is 9.47 Å². The summed E-state index contributed by atoms with van der Waals surface area (Å²) in [6.07, 6.45) is -1.17. The average molecular weight is 365 g/mol. The molecule has 2 atom stereocenters. The number of anilines is 2. The van der Waals surface area contributed by atoms with Crippen LogP contribution in [0.25, 0.3) is 0 Å². The normalized spacial score (nSPS) is 22.7. The van der Waals surface area contributed by atoms with Gasteiger partial charge in [0.05, 0.1) is 24.5 Å². The molecule has 26 heavy (non-hydrogen) atoms. The molecular formula is C17H20FN3O5. The van der Waals surface area contributed by atoms with Crippen molar-refractivity contribution in [1.29, 1.82) is 0 Å². The molecule has 1 N–H and O–H groups in total. The van der Waals surface area contributed by atoms with Crippen molar-refractivity contribution in [3.05, 3.63) is 24.0 Å². The number of nitrogens with zero attached hydrogens (tertiary/aromatic N) is 2. The molecule has 9 heteroatoms. The third kappa shape index (κ3) is 3.48. The van der Waals surface area contributed by atoms with Crippen molar-refractivity contribution in [3.63, 3.8) is 0 Å². The fourth-order valence-electron chi connectivity index (χ4n) is 3.09. The van der Waals surface area contributed by atoms with Gasteiger partial charge in [0.1, 0.15) is 18.0 Å². The highest BCUT2D eigenvalue weighted by atomic mass is 19.1. The monoisotopic (exact) mass is 365 g/mol. The lowest BCUT2D eigenvalue weighted by molar-refractivity contribution is -0.125. The minimum absolute atomic E-state index is 0.153. The predicted molar refractivity (Wildman–Crippen MR) is 90.5 cm³/mol. The molecule has 1 unspecified atom stereocenters. The molecule has 8 nitrogen and oxygen atoms in total. The van der Waals surface area contributed by atoms with Crippen molar-refractivity contribution >= 4 is 29.3 Å². The lowest BCUT2D eigenvalue weighted by atomic mass is 10.2.